The normalized spacial score (nSPS) is 10.2. The predicted molar refractivity (Wildman–Crippen MR) is 65.5 cm³/mol. The molecular formula is C13H13N3O. The second-order valence-electron chi connectivity index (χ2n) is 3.92. The molecule has 17 heavy (non-hydrogen) atoms. The molecule has 1 amide bonds. The molecule has 0 aliphatic heterocycles. The Balaban J connectivity index is 2.54. The van der Waals surface area contributed by atoms with Gasteiger partial charge in [-0.25, -0.2) is 9.97 Å². The van der Waals surface area contributed by atoms with Gasteiger partial charge in [-0.1, -0.05) is 12.1 Å². The highest BCUT2D eigenvalue weighted by molar-refractivity contribution is 5.95. The summed E-state index contributed by atoms with van der Waals surface area (Å²) in [5.74, 6) is 0.171. The maximum atomic E-state index is 11.3. The number of aromatic nitrogens is 2. The van der Waals surface area contributed by atoms with Crippen LogP contribution < -0.4 is 5.73 Å². The van der Waals surface area contributed by atoms with Gasteiger partial charge in [0.05, 0.1) is 0 Å². The lowest BCUT2D eigenvalue weighted by Crippen LogP contribution is -2.12. The Morgan fingerprint density at radius 2 is 2.00 bits per heavy atom. The van der Waals surface area contributed by atoms with E-state index in [0.29, 0.717) is 11.4 Å². The molecule has 1 heterocycles. The molecule has 0 atom stereocenters. The number of carbonyl (C=O) groups excluding carboxylic acids is 1. The van der Waals surface area contributed by atoms with Crippen molar-refractivity contribution >= 4 is 5.91 Å². The van der Waals surface area contributed by atoms with Gasteiger partial charge in [0, 0.05) is 23.0 Å². The molecule has 0 bridgehead atoms. The summed E-state index contributed by atoms with van der Waals surface area (Å²) >= 11 is 0. The van der Waals surface area contributed by atoms with Crippen molar-refractivity contribution in [1.29, 1.82) is 0 Å². The van der Waals surface area contributed by atoms with E-state index < -0.39 is 5.91 Å². The minimum Gasteiger partial charge on any atom is -0.366 e. The van der Waals surface area contributed by atoms with Crippen molar-refractivity contribution in [2.75, 3.05) is 0 Å². The number of amides is 1. The van der Waals surface area contributed by atoms with E-state index in [4.69, 9.17) is 5.73 Å². The molecule has 0 spiro atoms. The summed E-state index contributed by atoms with van der Waals surface area (Å²) in [5, 5.41) is 0. The number of nitrogens with zero attached hydrogens (tertiary/aromatic N) is 2. The number of rotatable bonds is 2. The van der Waals surface area contributed by atoms with E-state index in [-0.39, 0.29) is 0 Å². The summed E-state index contributed by atoms with van der Waals surface area (Å²) in [6, 6.07) is 7.29. The van der Waals surface area contributed by atoms with Crippen molar-refractivity contribution in [3.8, 4) is 11.4 Å². The quantitative estimate of drug-likeness (QED) is 0.851. The van der Waals surface area contributed by atoms with Crippen molar-refractivity contribution in [3.63, 3.8) is 0 Å². The van der Waals surface area contributed by atoms with Gasteiger partial charge in [-0.2, -0.15) is 0 Å². The number of carbonyl (C=O) groups is 1. The maximum Gasteiger partial charge on any atom is 0.248 e. The van der Waals surface area contributed by atoms with Gasteiger partial charge in [-0.15, -0.1) is 0 Å². The predicted octanol–water partition coefficient (Wildman–Crippen LogP) is 1.86. The molecule has 0 saturated heterocycles. The summed E-state index contributed by atoms with van der Waals surface area (Å²) in [7, 11) is 0. The van der Waals surface area contributed by atoms with E-state index in [9.17, 15) is 4.79 Å². The number of hydrogen-bond donors (Lipinski definition) is 1. The average Bonchev–Trinajstić information content (AvgIpc) is 2.29. The second-order valence-corrected chi connectivity index (χ2v) is 3.92. The van der Waals surface area contributed by atoms with E-state index in [1.165, 1.54) is 0 Å². The Morgan fingerprint density at radius 1 is 1.24 bits per heavy atom. The Morgan fingerprint density at radius 3 is 2.65 bits per heavy atom. The first-order valence-electron chi connectivity index (χ1n) is 5.28. The van der Waals surface area contributed by atoms with Crippen LogP contribution >= 0.6 is 0 Å². The zero-order valence-electron chi connectivity index (χ0n) is 9.77. The monoisotopic (exact) mass is 227 g/mol. The number of benzene rings is 1. The van der Waals surface area contributed by atoms with Gasteiger partial charge >= 0.3 is 0 Å². The zero-order chi connectivity index (χ0) is 12.4. The van der Waals surface area contributed by atoms with Gasteiger partial charge in [-0.05, 0) is 31.5 Å². The van der Waals surface area contributed by atoms with Crippen LogP contribution in [0.5, 0.6) is 0 Å². The number of hydrogen-bond acceptors (Lipinski definition) is 3. The summed E-state index contributed by atoms with van der Waals surface area (Å²) in [6.07, 6.45) is 1.70. The topological polar surface area (TPSA) is 68.9 Å². The third-order valence-corrected chi connectivity index (χ3v) is 2.56. The first-order valence-corrected chi connectivity index (χ1v) is 5.28. The molecule has 86 valence electrons. The number of primary amides is 1. The highest BCUT2D eigenvalue weighted by Crippen LogP contribution is 2.18. The van der Waals surface area contributed by atoms with E-state index in [2.05, 4.69) is 9.97 Å². The molecule has 0 fully saturated rings. The van der Waals surface area contributed by atoms with Crippen LogP contribution in [0.4, 0.5) is 0 Å². The van der Waals surface area contributed by atoms with Crippen LogP contribution in [-0.4, -0.2) is 15.9 Å². The van der Waals surface area contributed by atoms with Gasteiger partial charge in [0.25, 0.3) is 0 Å². The fourth-order valence-corrected chi connectivity index (χ4v) is 1.61. The van der Waals surface area contributed by atoms with Gasteiger partial charge in [0.1, 0.15) is 0 Å². The van der Waals surface area contributed by atoms with Crippen LogP contribution in [0.15, 0.2) is 30.5 Å². The van der Waals surface area contributed by atoms with Crippen LogP contribution in [0, 0.1) is 13.8 Å². The number of nitrogens with two attached hydrogens (primary N) is 1. The van der Waals surface area contributed by atoms with Crippen LogP contribution in [-0.2, 0) is 0 Å². The standard InChI is InChI=1S/C13H13N3O/c1-8-3-4-10(7-11(8)12(14)17)13-15-6-5-9(2)16-13/h3-7H,1-2H3,(H2,14,17). The number of aryl methyl sites for hydroxylation is 2. The van der Waals surface area contributed by atoms with Gasteiger partial charge < -0.3 is 5.73 Å². The van der Waals surface area contributed by atoms with Gasteiger partial charge in [0.2, 0.25) is 5.91 Å². The lowest BCUT2D eigenvalue weighted by atomic mass is 10.0. The SMILES string of the molecule is Cc1ccnc(-c2ccc(C)c(C(N)=O)c2)n1. The molecule has 0 radical (unpaired) electrons. The van der Waals surface area contributed by atoms with Crippen LogP contribution in [0.25, 0.3) is 11.4 Å². The molecule has 4 heteroatoms. The Hall–Kier alpha value is -2.23. The van der Waals surface area contributed by atoms with Crippen molar-refractivity contribution < 1.29 is 4.79 Å². The molecule has 0 aliphatic carbocycles. The summed E-state index contributed by atoms with van der Waals surface area (Å²) in [6.45, 7) is 3.75. The highest BCUT2D eigenvalue weighted by Gasteiger charge is 2.08. The maximum absolute atomic E-state index is 11.3. The molecule has 4 nitrogen and oxygen atoms in total. The minimum atomic E-state index is -0.433. The summed E-state index contributed by atoms with van der Waals surface area (Å²) in [4.78, 5) is 19.7. The molecular weight excluding hydrogens is 214 g/mol. The third-order valence-electron chi connectivity index (χ3n) is 2.56. The Kier molecular flexibility index (Phi) is 2.87. The van der Waals surface area contributed by atoms with Crippen LogP contribution in [0.1, 0.15) is 21.6 Å². The smallest absolute Gasteiger partial charge is 0.248 e. The van der Waals surface area contributed by atoms with E-state index in [1.54, 1.807) is 12.3 Å². The summed E-state index contributed by atoms with van der Waals surface area (Å²) < 4.78 is 0. The van der Waals surface area contributed by atoms with E-state index in [1.807, 2.05) is 32.0 Å². The summed E-state index contributed by atoms with van der Waals surface area (Å²) in [5.41, 5.74) is 8.36. The zero-order valence-corrected chi connectivity index (χ0v) is 9.77. The van der Waals surface area contributed by atoms with Crippen LogP contribution in [0.2, 0.25) is 0 Å². The largest absolute Gasteiger partial charge is 0.366 e. The molecule has 1 aromatic carbocycles. The molecule has 0 unspecified atom stereocenters. The van der Waals surface area contributed by atoms with Crippen LogP contribution in [0.3, 0.4) is 0 Å². The van der Waals surface area contributed by atoms with Crippen molar-refractivity contribution in [2.45, 2.75) is 13.8 Å². The fraction of sp³-hybridized carbons (Fsp3) is 0.154. The average molecular weight is 227 g/mol. The Bertz CT molecular complexity index is 579. The van der Waals surface area contributed by atoms with Crippen molar-refractivity contribution in [3.05, 3.63) is 47.3 Å². The third kappa shape index (κ3) is 2.30. The minimum absolute atomic E-state index is 0.433. The lowest BCUT2D eigenvalue weighted by Gasteiger charge is -2.05. The first kappa shape index (κ1) is 11.3. The fourth-order valence-electron chi connectivity index (χ4n) is 1.61. The molecule has 2 N–H and O–H groups in total. The Labute approximate surface area is 99.5 Å². The van der Waals surface area contributed by atoms with E-state index in [0.717, 1.165) is 16.8 Å². The molecule has 2 rings (SSSR count). The molecule has 1 aromatic heterocycles. The molecule has 0 aliphatic rings. The second kappa shape index (κ2) is 4.33. The van der Waals surface area contributed by atoms with Crippen molar-refractivity contribution in [1.82, 2.24) is 9.97 Å². The highest BCUT2D eigenvalue weighted by atomic mass is 16.1. The van der Waals surface area contributed by atoms with E-state index >= 15 is 0 Å². The first-order chi connectivity index (χ1) is 8.08. The lowest BCUT2D eigenvalue weighted by molar-refractivity contribution is 0.1000. The van der Waals surface area contributed by atoms with Gasteiger partial charge in [-0.3, -0.25) is 4.79 Å². The van der Waals surface area contributed by atoms with Gasteiger partial charge in [0.15, 0.2) is 5.82 Å². The van der Waals surface area contributed by atoms with Crippen molar-refractivity contribution in [2.24, 2.45) is 5.73 Å². The molecule has 0 saturated carbocycles. The molecule has 2 aromatic rings.